The molecule has 0 amide bonds. The zero-order chi connectivity index (χ0) is 12.4. The van der Waals surface area contributed by atoms with Crippen molar-refractivity contribution in [3.8, 4) is 0 Å². The average molecular weight is 336 g/mol. The molecule has 0 saturated carbocycles. The van der Waals surface area contributed by atoms with Gasteiger partial charge in [0.15, 0.2) is 5.78 Å². The summed E-state index contributed by atoms with van der Waals surface area (Å²) < 4.78 is 0.995. The van der Waals surface area contributed by atoms with Gasteiger partial charge in [0.25, 0.3) is 0 Å². The lowest BCUT2D eigenvalue weighted by Gasteiger charge is -2.06. The van der Waals surface area contributed by atoms with Gasteiger partial charge in [0.1, 0.15) is 0 Å². The van der Waals surface area contributed by atoms with Gasteiger partial charge >= 0.3 is 0 Å². The Labute approximate surface area is 115 Å². The summed E-state index contributed by atoms with van der Waals surface area (Å²) >= 11 is 2.20. The smallest absolute Gasteiger partial charge is 0.194 e. The van der Waals surface area contributed by atoms with Crippen molar-refractivity contribution in [2.75, 3.05) is 0 Å². The SMILES string of the molecule is Cc1cc(C)cc(C(=O)c2ccccc2I)c1. The van der Waals surface area contributed by atoms with Crippen LogP contribution in [0.5, 0.6) is 0 Å². The van der Waals surface area contributed by atoms with Crippen LogP contribution in [0.4, 0.5) is 0 Å². The van der Waals surface area contributed by atoms with Gasteiger partial charge in [0, 0.05) is 14.7 Å². The quantitative estimate of drug-likeness (QED) is 0.595. The van der Waals surface area contributed by atoms with Crippen LogP contribution in [-0.4, -0.2) is 5.78 Å². The number of hydrogen-bond acceptors (Lipinski definition) is 1. The van der Waals surface area contributed by atoms with Crippen LogP contribution in [0.25, 0.3) is 0 Å². The topological polar surface area (TPSA) is 17.1 Å². The number of benzene rings is 2. The minimum Gasteiger partial charge on any atom is -0.289 e. The number of aryl methyl sites for hydroxylation is 2. The van der Waals surface area contributed by atoms with E-state index in [-0.39, 0.29) is 5.78 Å². The highest BCUT2D eigenvalue weighted by Crippen LogP contribution is 2.18. The van der Waals surface area contributed by atoms with Crippen LogP contribution < -0.4 is 0 Å². The van der Waals surface area contributed by atoms with Crippen molar-refractivity contribution in [2.24, 2.45) is 0 Å². The third kappa shape index (κ3) is 2.75. The maximum absolute atomic E-state index is 12.4. The van der Waals surface area contributed by atoms with Crippen LogP contribution in [0.1, 0.15) is 27.0 Å². The monoisotopic (exact) mass is 336 g/mol. The molecule has 0 unspecified atom stereocenters. The zero-order valence-electron chi connectivity index (χ0n) is 9.83. The van der Waals surface area contributed by atoms with Gasteiger partial charge in [0.2, 0.25) is 0 Å². The Morgan fingerprint density at radius 2 is 1.59 bits per heavy atom. The molecule has 0 radical (unpaired) electrons. The molecule has 0 atom stereocenters. The Hall–Kier alpha value is -1.16. The number of rotatable bonds is 2. The van der Waals surface area contributed by atoms with Gasteiger partial charge in [-0.05, 0) is 60.7 Å². The molecule has 17 heavy (non-hydrogen) atoms. The van der Waals surface area contributed by atoms with E-state index in [4.69, 9.17) is 0 Å². The first kappa shape index (κ1) is 12.3. The van der Waals surface area contributed by atoms with Gasteiger partial charge in [-0.2, -0.15) is 0 Å². The van der Waals surface area contributed by atoms with Crippen LogP contribution in [-0.2, 0) is 0 Å². The lowest BCUT2D eigenvalue weighted by Crippen LogP contribution is -2.04. The Morgan fingerprint density at radius 3 is 2.18 bits per heavy atom. The lowest BCUT2D eigenvalue weighted by molar-refractivity contribution is 0.103. The standard InChI is InChI=1S/C15H13IO/c1-10-7-11(2)9-12(8-10)15(17)13-5-3-4-6-14(13)16/h3-9H,1-2H3. The van der Waals surface area contributed by atoms with Crippen LogP contribution in [0, 0.1) is 17.4 Å². The Bertz CT molecular complexity index is 553. The summed E-state index contributed by atoms with van der Waals surface area (Å²) in [5, 5.41) is 0. The molecule has 0 aromatic heterocycles. The molecule has 2 rings (SSSR count). The van der Waals surface area contributed by atoms with Gasteiger partial charge in [0.05, 0.1) is 0 Å². The number of hydrogen-bond donors (Lipinski definition) is 0. The summed E-state index contributed by atoms with van der Waals surface area (Å²) in [5.41, 5.74) is 3.79. The molecule has 0 saturated heterocycles. The van der Waals surface area contributed by atoms with Crippen molar-refractivity contribution in [3.05, 3.63) is 68.3 Å². The molecule has 2 aromatic rings. The largest absolute Gasteiger partial charge is 0.289 e. The third-order valence-electron chi connectivity index (χ3n) is 2.60. The predicted molar refractivity (Wildman–Crippen MR) is 78.5 cm³/mol. The zero-order valence-corrected chi connectivity index (χ0v) is 12.0. The minimum absolute atomic E-state index is 0.0989. The van der Waals surface area contributed by atoms with E-state index in [1.165, 1.54) is 0 Å². The number of carbonyl (C=O) groups excluding carboxylic acids is 1. The first-order valence-electron chi connectivity index (χ1n) is 5.45. The van der Waals surface area contributed by atoms with Crippen LogP contribution >= 0.6 is 22.6 Å². The van der Waals surface area contributed by atoms with Crippen molar-refractivity contribution in [1.29, 1.82) is 0 Å². The average Bonchev–Trinajstić information content (AvgIpc) is 2.27. The summed E-state index contributed by atoms with van der Waals surface area (Å²) in [6, 6.07) is 13.6. The fourth-order valence-corrected chi connectivity index (χ4v) is 2.54. The molecule has 2 heteroatoms. The molecule has 0 aliphatic heterocycles. The molecule has 0 bridgehead atoms. The fourth-order valence-electron chi connectivity index (χ4n) is 1.91. The summed E-state index contributed by atoms with van der Waals surface area (Å²) in [4.78, 5) is 12.4. The summed E-state index contributed by atoms with van der Waals surface area (Å²) in [5.74, 6) is 0.0989. The molecular formula is C15H13IO. The highest BCUT2D eigenvalue weighted by Gasteiger charge is 2.12. The summed E-state index contributed by atoms with van der Waals surface area (Å²) in [6.45, 7) is 4.03. The van der Waals surface area contributed by atoms with E-state index in [2.05, 4.69) is 28.7 Å². The first-order valence-corrected chi connectivity index (χ1v) is 6.53. The van der Waals surface area contributed by atoms with E-state index in [1.807, 2.05) is 50.2 Å². The van der Waals surface area contributed by atoms with Gasteiger partial charge in [-0.1, -0.05) is 29.3 Å². The van der Waals surface area contributed by atoms with E-state index < -0.39 is 0 Å². The van der Waals surface area contributed by atoms with Gasteiger partial charge < -0.3 is 0 Å². The molecule has 86 valence electrons. The molecule has 0 fully saturated rings. The summed E-state index contributed by atoms with van der Waals surface area (Å²) in [6.07, 6.45) is 0. The fraction of sp³-hybridized carbons (Fsp3) is 0.133. The second-order valence-electron chi connectivity index (χ2n) is 4.19. The molecule has 0 N–H and O–H groups in total. The van der Waals surface area contributed by atoms with Crippen LogP contribution in [0.3, 0.4) is 0 Å². The second kappa shape index (κ2) is 5.00. The van der Waals surface area contributed by atoms with E-state index in [9.17, 15) is 4.79 Å². The predicted octanol–water partition coefficient (Wildman–Crippen LogP) is 4.14. The van der Waals surface area contributed by atoms with Gasteiger partial charge in [-0.3, -0.25) is 4.79 Å². The number of ketones is 1. The van der Waals surface area contributed by atoms with Crippen LogP contribution in [0.15, 0.2) is 42.5 Å². The van der Waals surface area contributed by atoms with Crippen molar-refractivity contribution in [2.45, 2.75) is 13.8 Å². The highest BCUT2D eigenvalue weighted by molar-refractivity contribution is 14.1. The molecule has 1 nitrogen and oxygen atoms in total. The third-order valence-corrected chi connectivity index (χ3v) is 3.54. The van der Waals surface area contributed by atoms with Crippen molar-refractivity contribution in [3.63, 3.8) is 0 Å². The van der Waals surface area contributed by atoms with Crippen LogP contribution in [0.2, 0.25) is 0 Å². The maximum Gasteiger partial charge on any atom is 0.194 e. The van der Waals surface area contributed by atoms with E-state index in [0.29, 0.717) is 0 Å². The van der Waals surface area contributed by atoms with Crippen molar-refractivity contribution < 1.29 is 4.79 Å². The van der Waals surface area contributed by atoms with Gasteiger partial charge in [-0.25, -0.2) is 0 Å². The lowest BCUT2D eigenvalue weighted by atomic mass is 9.99. The van der Waals surface area contributed by atoms with E-state index in [0.717, 1.165) is 25.8 Å². The van der Waals surface area contributed by atoms with E-state index >= 15 is 0 Å². The number of carbonyl (C=O) groups is 1. The second-order valence-corrected chi connectivity index (χ2v) is 5.35. The normalized spacial score (nSPS) is 10.3. The van der Waals surface area contributed by atoms with E-state index in [1.54, 1.807) is 0 Å². The number of halogens is 1. The van der Waals surface area contributed by atoms with Gasteiger partial charge in [-0.15, -0.1) is 0 Å². The van der Waals surface area contributed by atoms with Crippen molar-refractivity contribution >= 4 is 28.4 Å². The minimum atomic E-state index is 0.0989. The molecule has 0 aliphatic carbocycles. The molecular weight excluding hydrogens is 323 g/mol. The Morgan fingerprint density at radius 1 is 1.00 bits per heavy atom. The summed E-state index contributed by atoms with van der Waals surface area (Å²) in [7, 11) is 0. The maximum atomic E-state index is 12.4. The molecule has 2 aromatic carbocycles. The highest BCUT2D eigenvalue weighted by atomic mass is 127. The Balaban J connectivity index is 2.48. The molecule has 0 heterocycles. The Kier molecular flexibility index (Phi) is 3.62. The first-order chi connectivity index (χ1) is 8.08. The molecule has 0 spiro atoms. The van der Waals surface area contributed by atoms with Crippen molar-refractivity contribution in [1.82, 2.24) is 0 Å². The molecule has 0 aliphatic rings.